The third-order valence-corrected chi connectivity index (χ3v) is 9.73. The normalized spacial score (nSPS) is 15.2. The van der Waals surface area contributed by atoms with Gasteiger partial charge in [-0.05, 0) is 74.2 Å². The summed E-state index contributed by atoms with van der Waals surface area (Å²) in [6.07, 6.45) is 5.43. The summed E-state index contributed by atoms with van der Waals surface area (Å²) >= 11 is 1.47. The summed E-state index contributed by atoms with van der Waals surface area (Å²) < 4.78 is 34.5. The molecule has 1 aliphatic heterocycles. The molecule has 7 nitrogen and oxygen atoms in total. The van der Waals surface area contributed by atoms with Crippen LogP contribution in [0.25, 0.3) is 10.2 Å². The highest BCUT2D eigenvalue weighted by molar-refractivity contribution is 7.89. The first-order chi connectivity index (χ1) is 17.3. The Morgan fingerprint density at radius 3 is 2.33 bits per heavy atom. The fourth-order valence-corrected chi connectivity index (χ4v) is 7.13. The Labute approximate surface area is 215 Å². The third kappa shape index (κ3) is 4.83. The van der Waals surface area contributed by atoms with E-state index in [0.717, 1.165) is 47.0 Å². The zero-order chi connectivity index (χ0) is 25.3. The molecule has 0 unspecified atom stereocenters. The van der Waals surface area contributed by atoms with Gasteiger partial charge in [0.25, 0.3) is 5.91 Å². The van der Waals surface area contributed by atoms with Crippen molar-refractivity contribution in [1.82, 2.24) is 9.29 Å². The Bertz CT molecular complexity index is 1430. The van der Waals surface area contributed by atoms with Gasteiger partial charge in [0.2, 0.25) is 10.0 Å². The molecule has 5 rings (SSSR count). The maximum Gasteiger partial charge on any atom is 0.260 e. The number of carbonyl (C=O) groups is 1. The molecule has 0 atom stereocenters. The number of benzene rings is 2. The predicted molar refractivity (Wildman–Crippen MR) is 142 cm³/mol. The van der Waals surface area contributed by atoms with E-state index in [9.17, 15) is 13.2 Å². The van der Waals surface area contributed by atoms with Crippen LogP contribution < -0.4 is 4.90 Å². The van der Waals surface area contributed by atoms with Crippen molar-refractivity contribution in [2.75, 3.05) is 18.0 Å². The zero-order valence-electron chi connectivity index (χ0n) is 20.4. The highest BCUT2D eigenvalue weighted by Gasteiger charge is 2.27. The van der Waals surface area contributed by atoms with E-state index in [1.165, 1.54) is 23.5 Å². The molecular weight excluding hydrogens is 494 g/mol. The first-order valence-corrected chi connectivity index (χ1v) is 14.4. The van der Waals surface area contributed by atoms with E-state index in [0.29, 0.717) is 29.5 Å². The number of rotatable bonds is 6. The number of fused-ring (bicyclic) bond motifs is 1. The smallest absolute Gasteiger partial charge is 0.260 e. The largest absolute Gasteiger partial charge is 0.467 e. The summed E-state index contributed by atoms with van der Waals surface area (Å²) in [5, 5.41) is 0.574. The maximum atomic E-state index is 13.7. The van der Waals surface area contributed by atoms with Crippen molar-refractivity contribution >= 4 is 42.6 Å². The van der Waals surface area contributed by atoms with E-state index in [2.05, 4.69) is 6.07 Å². The number of anilines is 1. The van der Waals surface area contributed by atoms with Gasteiger partial charge in [0.15, 0.2) is 5.13 Å². The topological polar surface area (TPSA) is 83.7 Å². The second-order valence-electron chi connectivity index (χ2n) is 9.19. The van der Waals surface area contributed by atoms with Crippen molar-refractivity contribution in [3.63, 3.8) is 0 Å². The van der Waals surface area contributed by atoms with E-state index in [1.54, 1.807) is 33.7 Å². The fourth-order valence-electron chi connectivity index (χ4n) is 4.50. The molecule has 0 spiro atoms. The number of carbonyl (C=O) groups excluding carboxylic acids is 1. The third-order valence-electron chi connectivity index (χ3n) is 6.61. The molecule has 0 radical (unpaired) electrons. The number of amides is 1. The molecule has 0 saturated carbocycles. The number of thiazole rings is 1. The fraction of sp³-hybridized carbons (Fsp3) is 0.333. The minimum absolute atomic E-state index is 0.213. The number of hydrogen-bond acceptors (Lipinski definition) is 6. The molecule has 188 valence electrons. The molecule has 0 bridgehead atoms. The standard InChI is InChI=1S/C27H29N3O4S2/c1-19-9-10-20(2)25-24(19)28-27(35-25)30(18-22-8-7-17-34-22)26(31)21-11-13-23(14-12-21)36(32,33)29-15-5-3-4-6-16-29/h7-14,17H,3-6,15-16,18H2,1-2H3. The van der Waals surface area contributed by atoms with Crippen LogP contribution >= 0.6 is 11.3 Å². The summed E-state index contributed by atoms with van der Waals surface area (Å²) in [6.45, 7) is 5.34. The van der Waals surface area contributed by atoms with Crippen molar-refractivity contribution < 1.29 is 17.6 Å². The summed E-state index contributed by atoms with van der Waals surface area (Å²) in [5.74, 6) is 0.371. The van der Waals surface area contributed by atoms with Gasteiger partial charge in [-0.15, -0.1) is 0 Å². The molecule has 36 heavy (non-hydrogen) atoms. The van der Waals surface area contributed by atoms with Gasteiger partial charge < -0.3 is 4.42 Å². The van der Waals surface area contributed by atoms with Crippen LogP contribution in [0, 0.1) is 13.8 Å². The van der Waals surface area contributed by atoms with Crippen LogP contribution in [0.1, 0.15) is 52.9 Å². The van der Waals surface area contributed by atoms with Crippen molar-refractivity contribution in [2.24, 2.45) is 0 Å². The molecule has 1 aliphatic rings. The molecule has 1 saturated heterocycles. The SMILES string of the molecule is Cc1ccc(C)c2sc(N(Cc3ccco3)C(=O)c3ccc(S(=O)(=O)N4CCCCCC4)cc3)nc12. The zero-order valence-corrected chi connectivity index (χ0v) is 22.1. The lowest BCUT2D eigenvalue weighted by Crippen LogP contribution is -2.32. The van der Waals surface area contributed by atoms with Crippen LogP contribution in [-0.4, -0.2) is 36.7 Å². The van der Waals surface area contributed by atoms with Crippen molar-refractivity contribution in [2.45, 2.75) is 51.0 Å². The van der Waals surface area contributed by atoms with Gasteiger partial charge >= 0.3 is 0 Å². The number of hydrogen-bond donors (Lipinski definition) is 0. The Morgan fingerprint density at radius 2 is 1.69 bits per heavy atom. The average Bonchev–Trinajstić information content (AvgIpc) is 3.48. The minimum Gasteiger partial charge on any atom is -0.467 e. The van der Waals surface area contributed by atoms with Gasteiger partial charge in [-0.2, -0.15) is 4.31 Å². The van der Waals surface area contributed by atoms with Gasteiger partial charge in [0.05, 0.1) is 27.9 Å². The number of aryl methyl sites for hydroxylation is 2. The molecular formula is C27H29N3O4S2. The monoisotopic (exact) mass is 523 g/mol. The highest BCUT2D eigenvalue weighted by Crippen LogP contribution is 2.34. The molecule has 9 heteroatoms. The Kier molecular flexibility index (Phi) is 6.96. The molecule has 0 aliphatic carbocycles. The van der Waals surface area contributed by atoms with Crippen molar-refractivity contribution in [3.05, 3.63) is 77.2 Å². The van der Waals surface area contributed by atoms with Crippen LogP contribution in [0.15, 0.2) is 64.1 Å². The van der Waals surface area contributed by atoms with E-state index < -0.39 is 10.0 Å². The molecule has 2 aromatic heterocycles. The molecule has 0 N–H and O–H groups in total. The first-order valence-electron chi connectivity index (χ1n) is 12.2. The number of nitrogens with zero attached hydrogens (tertiary/aromatic N) is 3. The lowest BCUT2D eigenvalue weighted by molar-refractivity contribution is 0.0983. The second kappa shape index (κ2) is 10.2. The quantitative estimate of drug-likeness (QED) is 0.313. The molecule has 4 aromatic rings. The molecule has 2 aromatic carbocycles. The average molecular weight is 524 g/mol. The summed E-state index contributed by atoms with van der Waals surface area (Å²) in [7, 11) is -3.58. The van der Waals surface area contributed by atoms with Crippen molar-refractivity contribution in [1.29, 1.82) is 0 Å². The maximum absolute atomic E-state index is 13.7. The number of aromatic nitrogens is 1. The summed E-state index contributed by atoms with van der Waals surface area (Å²) in [4.78, 5) is 20.3. The second-order valence-corrected chi connectivity index (χ2v) is 12.1. The van der Waals surface area contributed by atoms with E-state index in [4.69, 9.17) is 9.40 Å². The van der Waals surface area contributed by atoms with Crippen molar-refractivity contribution in [3.8, 4) is 0 Å². The minimum atomic E-state index is -3.58. The molecule has 1 fully saturated rings. The summed E-state index contributed by atoms with van der Waals surface area (Å²) in [5.41, 5.74) is 3.43. The number of sulfonamides is 1. The van der Waals surface area contributed by atoms with Gasteiger partial charge in [-0.25, -0.2) is 13.4 Å². The Balaban J connectivity index is 1.47. The Morgan fingerprint density at radius 1 is 1.00 bits per heavy atom. The molecule has 3 heterocycles. The van der Waals surface area contributed by atoms with Gasteiger partial charge in [0.1, 0.15) is 5.76 Å². The van der Waals surface area contributed by atoms with E-state index >= 15 is 0 Å². The van der Waals surface area contributed by atoms with Crippen LogP contribution in [-0.2, 0) is 16.6 Å². The predicted octanol–water partition coefficient (Wildman–Crippen LogP) is 5.92. The van der Waals surface area contributed by atoms with E-state index in [1.807, 2.05) is 26.0 Å². The van der Waals surface area contributed by atoms with E-state index in [-0.39, 0.29) is 17.3 Å². The highest BCUT2D eigenvalue weighted by atomic mass is 32.2. The van der Waals surface area contributed by atoms with Crippen LogP contribution in [0.3, 0.4) is 0 Å². The lowest BCUT2D eigenvalue weighted by Gasteiger charge is -2.21. The van der Waals surface area contributed by atoms with Gasteiger partial charge in [-0.3, -0.25) is 9.69 Å². The number of furan rings is 1. The molecule has 1 amide bonds. The van der Waals surface area contributed by atoms with Crippen LogP contribution in [0.4, 0.5) is 5.13 Å². The van der Waals surface area contributed by atoms with Gasteiger partial charge in [-0.1, -0.05) is 36.3 Å². The Hall–Kier alpha value is -3.01. The lowest BCUT2D eigenvalue weighted by atomic mass is 10.1. The van der Waals surface area contributed by atoms with Crippen LogP contribution in [0.5, 0.6) is 0 Å². The first kappa shape index (κ1) is 24.7. The van der Waals surface area contributed by atoms with Gasteiger partial charge in [0, 0.05) is 18.7 Å². The summed E-state index contributed by atoms with van der Waals surface area (Å²) in [6, 6.07) is 13.9. The van der Waals surface area contributed by atoms with Crippen LogP contribution in [0.2, 0.25) is 0 Å².